The van der Waals surface area contributed by atoms with Crippen LogP contribution in [0.2, 0.25) is 0 Å². The third-order valence-electron chi connectivity index (χ3n) is 1.87. The molecular formula is C9H11N5. The summed E-state index contributed by atoms with van der Waals surface area (Å²) in [7, 11) is 0. The molecule has 0 fully saturated rings. The molecule has 0 spiro atoms. The second-order valence-corrected chi connectivity index (χ2v) is 3.03. The Kier molecular flexibility index (Phi) is 2.24. The number of hydrogen-bond acceptors (Lipinski definition) is 4. The summed E-state index contributed by atoms with van der Waals surface area (Å²) in [6.45, 7) is 2.36. The molecule has 0 amide bonds. The van der Waals surface area contributed by atoms with E-state index < -0.39 is 0 Å². The molecule has 0 atom stereocenters. The highest BCUT2D eigenvalue weighted by Gasteiger charge is 2.05. The van der Waals surface area contributed by atoms with Gasteiger partial charge in [0, 0.05) is 6.20 Å². The molecule has 72 valence electrons. The summed E-state index contributed by atoms with van der Waals surface area (Å²) >= 11 is 0. The molecule has 0 radical (unpaired) electrons. The topological polar surface area (TPSA) is 80.5 Å². The van der Waals surface area contributed by atoms with Crippen molar-refractivity contribution >= 4 is 0 Å². The van der Waals surface area contributed by atoms with Crippen LogP contribution in [0.4, 0.5) is 0 Å². The zero-order valence-corrected chi connectivity index (χ0v) is 7.86. The third-order valence-corrected chi connectivity index (χ3v) is 1.87. The maximum atomic E-state index is 5.42. The zero-order valence-electron chi connectivity index (χ0n) is 7.86. The molecule has 14 heavy (non-hydrogen) atoms. The van der Waals surface area contributed by atoms with Gasteiger partial charge in [-0.2, -0.15) is 5.10 Å². The second kappa shape index (κ2) is 3.55. The van der Waals surface area contributed by atoms with Crippen molar-refractivity contribution < 1.29 is 0 Å². The monoisotopic (exact) mass is 189 g/mol. The van der Waals surface area contributed by atoms with E-state index in [0.717, 1.165) is 11.3 Å². The van der Waals surface area contributed by atoms with Gasteiger partial charge in [0.05, 0.1) is 6.54 Å². The van der Waals surface area contributed by atoms with Gasteiger partial charge in [-0.1, -0.05) is 0 Å². The first-order valence-corrected chi connectivity index (χ1v) is 4.34. The van der Waals surface area contributed by atoms with Gasteiger partial charge in [-0.05, 0) is 24.6 Å². The van der Waals surface area contributed by atoms with E-state index in [4.69, 9.17) is 5.73 Å². The molecule has 5 heteroatoms. The van der Waals surface area contributed by atoms with E-state index in [1.54, 1.807) is 6.20 Å². The van der Waals surface area contributed by atoms with Gasteiger partial charge in [-0.15, -0.1) is 0 Å². The van der Waals surface area contributed by atoms with Crippen molar-refractivity contribution in [3.8, 4) is 11.5 Å². The summed E-state index contributed by atoms with van der Waals surface area (Å²) < 4.78 is 0. The van der Waals surface area contributed by atoms with E-state index in [0.29, 0.717) is 18.2 Å². The van der Waals surface area contributed by atoms with Crippen LogP contribution in [-0.4, -0.2) is 20.2 Å². The standard InChI is InChI=1S/C9H11N5/c1-6-2-3-11-7(4-6)9-12-8(5-10)13-14-9/h2-4H,5,10H2,1H3,(H,12,13,14). The molecule has 0 aliphatic rings. The van der Waals surface area contributed by atoms with E-state index in [9.17, 15) is 0 Å². The van der Waals surface area contributed by atoms with Gasteiger partial charge in [0.1, 0.15) is 11.5 Å². The van der Waals surface area contributed by atoms with Gasteiger partial charge in [0.2, 0.25) is 0 Å². The summed E-state index contributed by atoms with van der Waals surface area (Å²) in [5.41, 5.74) is 7.32. The number of nitrogens with zero attached hydrogens (tertiary/aromatic N) is 3. The van der Waals surface area contributed by atoms with E-state index in [-0.39, 0.29) is 0 Å². The van der Waals surface area contributed by atoms with Gasteiger partial charge in [-0.3, -0.25) is 10.1 Å². The Morgan fingerprint density at radius 2 is 2.36 bits per heavy atom. The first-order valence-electron chi connectivity index (χ1n) is 4.34. The van der Waals surface area contributed by atoms with E-state index in [1.165, 1.54) is 0 Å². The summed E-state index contributed by atoms with van der Waals surface area (Å²) in [6.07, 6.45) is 1.74. The number of pyridine rings is 1. The average molecular weight is 189 g/mol. The van der Waals surface area contributed by atoms with Crippen molar-refractivity contribution in [3.63, 3.8) is 0 Å². The first kappa shape index (κ1) is 8.83. The lowest BCUT2D eigenvalue weighted by molar-refractivity contribution is 0.917. The molecule has 2 heterocycles. The molecular weight excluding hydrogens is 178 g/mol. The number of hydrogen-bond donors (Lipinski definition) is 2. The Morgan fingerprint density at radius 1 is 1.50 bits per heavy atom. The van der Waals surface area contributed by atoms with Gasteiger partial charge in [0.15, 0.2) is 5.82 Å². The molecule has 0 saturated heterocycles. The molecule has 0 aliphatic heterocycles. The van der Waals surface area contributed by atoms with Crippen LogP contribution in [0, 0.1) is 6.92 Å². The normalized spacial score (nSPS) is 10.4. The Bertz CT molecular complexity index is 434. The fraction of sp³-hybridized carbons (Fsp3) is 0.222. The van der Waals surface area contributed by atoms with Gasteiger partial charge >= 0.3 is 0 Å². The lowest BCUT2D eigenvalue weighted by Crippen LogP contribution is -1.98. The van der Waals surface area contributed by atoms with Crippen LogP contribution in [-0.2, 0) is 6.54 Å². The maximum Gasteiger partial charge on any atom is 0.199 e. The van der Waals surface area contributed by atoms with Crippen molar-refractivity contribution in [3.05, 3.63) is 29.7 Å². The van der Waals surface area contributed by atoms with Crippen molar-refractivity contribution in [2.24, 2.45) is 5.73 Å². The molecule has 0 aliphatic carbocycles. The molecule has 0 bridgehead atoms. The minimum absolute atomic E-state index is 0.360. The zero-order chi connectivity index (χ0) is 9.97. The highest BCUT2D eigenvalue weighted by molar-refractivity contribution is 5.49. The Labute approximate surface area is 81.4 Å². The molecule has 5 nitrogen and oxygen atoms in total. The predicted octanol–water partition coefficient (Wildman–Crippen LogP) is 0.634. The Balaban J connectivity index is 2.39. The van der Waals surface area contributed by atoms with Crippen LogP contribution >= 0.6 is 0 Å². The Morgan fingerprint density at radius 3 is 3.00 bits per heavy atom. The van der Waals surface area contributed by atoms with Crippen molar-refractivity contribution in [2.75, 3.05) is 0 Å². The quantitative estimate of drug-likeness (QED) is 0.726. The first-order chi connectivity index (χ1) is 6.79. The number of nitrogens with one attached hydrogen (secondary N) is 1. The van der Waals surface area contributed by atoms with Crippen LogP contribution in [0.15, 0.2) is 18.3 Å². The highest BCUT2D eigenvalue weighted by atomic mass is 15.2. The fourth-order valence-corrected chi connectivity index (χ4v) is 1.16. The second-order valence-electron chi connectivity index (χ2n) is 3.03. The van der Waals surface area contributed by atoms with Crippen LogP contribution in [0.3, 0.4) is 0 Å². The van der Waals surface area contributed by atoms with E-state index in [2.05, 4.69) is 20.2 Å². The number of H-pyrrole nitrogens is 1. The van der Waals surface area contributed by atoms with Crippen molar-refractivity contribution in [2.45, 2.75) is 13.5 Å². The largest absolute Gasteiger partial charge is 0.324 e. The SMILES string of the molecule is Cc1ccnc(-c2n[nH]c(CN)n2)c1. The summed E-state index contributed by atoms with van der Waals surface area (Å²) in [5.74, 6) is 1.26. The van der Waals surface area contributed by atoms with Crippen LogP contribution in [0.1, 0.15) is 11.4 Å². The van der Waals surface area contributed by atoms with E-state index >= 15 is 0 Å². The van der Waals surface area contributed by atoms with E-state index in [1.807, 2.05) is 19.1 Å². The predicted molar refractivity (Wildman–Crippen MR) is 52.2 cm³/mol. The molecule has 3 N–H and O–H groups in total. The number of aryl methyl sites for hydroxylation is 1. The molecule has 2 aromatic heterocycles. The minimum Gasteiger partial charge on any atom is -0.324 e. The smallest absolute Gasteiger partial charge is 0.199 e. The Hall–Kier alpha value is -1.75. The number of rotatable bonds is 2. The number of nitrogens with two attached hydrogens (primary N) is 1. The summed E-state index contributed by atoms with van der Waals surface area (Å²) in [4.78, 5) is 8.36. The van der Waals surface area contributed by atoms with Crippen molar-refractivity contribution in [1.29, 1.82) is 0 Å². The van der Waals surface area contributed by atoms with Gasteiger partial charge in [-0.25, -0.2) is 4.98 Å². The van der Waals surface area contributed by atoms with Gasteiger partial charge in [0.25, 0.3) is 0 Å². The van der Waals surface area contributed by atoms with Gasteiger partial charge < -0.3 is 5.73 Å². The summed E-state index contributed by atoms with van der Waals surface area (Å²) in [5, 5.41) is 6.77. The van der Waals surface area contributed by atoms with Crippen LogP contribution in [0.25, 0.3) is 11.5 Å². The minimum atomic E-state index is 0.360. The molecule has 0 unspecified atom stereocenters. The maximum absolute atomic E-state index is 5.42. The lowest BCUT2D eigenvalue weighted by atomic mass is 10.2. The third kappa shape index (κ3) is 1.62. The highest BCUT2D eigenvalue weighted by Crippen LogP contribution is 2.12. The molecule has 2 rings (SSSR count). The fourth-order valence-electron chi connectivity index (χ4n) is 1.16. The molecule has 0 aromatic carbocycles. The average Bonchev–Trinajstić information content (AvgIpc) is 2.66. The molecule has 2 aromatic rings. The lowest BCUT2D eigenvalue weighted by Gasteiger charge is -1.94. The summed E-state index contributed by atoms with van der Waals surface area (Å²) in [6, 6.07) is 3.86. The van der Waals surface area contributed by atoms with Crippen LogP contribution < -0.4 is 5.73 Å². The number of aromatic amines is 1. The number of aromatic nitrogens is 4. The molecule has 0 saturated carbocycles. The van der Waals surface area contributed by atoms with Crippen LogP contribution in [0.5, 0.6) is 0 Å². The van der Waals surface area contributed by atoms with Crippen molar-refractivity contribution in [1.82, 2.24) is 20.2 Å².